The second-order valence-electron chi connectivity index (χ2n) is 7.67. The first kappa shape index (κ1) is 21.2. The monoisotopic (exact) mass is 416 g/mol. The molecular formula is C23H29ClN2OS. The molecule has 0 bridgehead atoms. The largest absolute Gasteiger partial charge is 0.341 e. The van der Waals surface area contributed by atoms with Crippen LogP contribution >= 0.6 is 24.2 Å². The van der Waals surface area contributed by atoms with Crippen molar-refractivity contribution in [3.63, 3.8) is 0 Å². The summed E-state index contributed by atoms with van der Waals surface area (Å²) >= 11 is 1.66. The van der Waals surface area contributed by atoms with Crippen LogP contribution in [0.15, 0.2) is 65.6 Å². The first-order valence-electron chi connectivity index (χ1n) is 10.1. The molecule has 1 heterocycles. The normalized spacial score (nSPS) is 18.4. The number of halogens is 1. The van der Waals surface area contributed by atoms with Gasteiger partial charge in [-0.3, -0.25) is 4.79 Å². The average Bonchev–Trinajstić information content (AvgIpc) is 3.56. The minimum Gasteiger partial charge on any atom is -0.341 e. The molecule has 0 aromatic heterocycles. The molecule has 1 atom stereocenters. The van der Waals surface area contributed by atoms with Gasteiger partial charge < -0.3 is 10.2 Å². The van der Waals surface area contributed by atoms with Crippen molar-refractivity contribution in [2.45, 2.75) is 41.9 Å². The Morgan fingerprint density at radius 2 is 1.57 bits per heavy atom. The Labute approximate surface area is 178 Å². The van der Waals surface area contributed by atoms with E-state index in [-0.39, 0.29) is 23.6 Å². The second kappa shape index (κ2) is 10.3. The lowest BCUT2D eigenvalue weighted by atomic mass is 10.0. The molecule has 0 radical (unpaired) electrons. The zero-order valence-electron chi connectivity index (χ0n) is 16.1. The van der Waals surface area contributed by atoms with E-state index < -0.39 is 0 Å². The van der Waals surface area contributed by atoms with E-state index in [1.165, 1.54) is 12.8 Å². The number of rotatable bonds is 7. The van der Waals surface area contributed by atoms with Crippen LogP contribution in [0, 0.1) is 5.92 Å². The average molecular weight is 417 g/mol. The van der Waals surface area contributed by atoms with Gasteiger partial charge in [-0.2, -0.15) is 0 Å². The number of carbonyl (C=O) groups is 1. The van der Waals surface area contributed by atoms with E-state index in [0.717, 1.165) is 48.9 Å². The van der Waals surface area contributed by atoms with E-state index >= 15 is 0 Å². The molecule has 1 saturated carbocycles. The lowest BCUT2D eigenvalue weighted by molar-refractivity contribution is -0.131. The number of hydrogen-bond acceptors (Lipinski definition) is 3. The summed E-state index contributed by atoms with van der Waals surface area (Å²) in [6.45, 7) is 2.88. The Hall–Kier alpha value is -1.49. The summed E-state index contributed by atoms with van der Waals surface area (Å²) < 4.78 is 0. The molecule has 1 aliphatic carbocycles. The van der Waals surface area contributed by atoms with E-state index in [0.29, 0.717) is 6.04 Å². The van der Waals surface area contributed by atoms with Crippen molar-refractivity contribution in [1.82, 2.24) is 10.2 Å². The van der Waals surface area contributed by atoms with Gasteiger partial charge in [0, 0.05) is 24.0 Å². The standard InChI is InChI=1S/C23H28N2OS.ClH/c26-23(25-15-13-20(14-16-25)24-17-18-11-12-18)22(19-7-3-1-4-8-19)27-21-9-5-2-6-10-21;/h1-10,18,20,22,24H,11-17H2;1H. The van der Waals surface area contributed by atoms with Gasteiger partial charge >= 0.3 is 0 Å². The van der Waals surface area contributed by atoms with E-state index in [4.69, 9.17) is 0 Å². The Balaban J connectivity index is 0.00000225. The lowest BCUT2D eigenvalue weighted by Crippen LogP contribution is -2.46. The van der Waals surface area contributed by atoms with E-state index in [1.54, 1.807) is 11.8 Å². The van der Waals surface area contributed by atoms with Crippen molar-refractivity contribution in [3.05, 3.63) is 66.2 Å². The number of piperidine rings is 1. The van der Waals surface area contributed by atoms with Gasteiger partial charge in [-0.25, -0.2) is 0 Å². The highest BCUT2D eigenvalue weighted by atomic mass is 35.5. The zero-order chi connectivity index (χ0) is 18.5. The number of likely N-dealkylation sites (tertiary alicyclic amines) is 1. The summed E-state index contributed by atoms with van der Waals surface area (Å²) in [6, 6.07) is 21.0. The van der Waals surface area contributed by atoms with Crippen LogP contribution in [0.5, 0.6) is 0 Å². The van der Waals surface area contributed by atoms with Gasteiger partial charge in [-0.05, 0) is 55.8 Å². The Bertz CT molecular complexity index is 731. The molecular weight excluding hydrogens is 388 g/mol. The summed E-state index contributed by atoms with van der Waals surface area (Å²) in [6.07, 6.45) is 4.91. The lowest BCUT2D eigenvalue weighted by Gasteiger charge is -2.34. The molecule has 1 amide bonds. The van der Waals surface area contributed by atoms with Crippen LogP contribution < -0.4 is 5.32 Å². The minimum absolute atomic E-state index is 0. The fourth-order valence-electron chi connectivity index (χ4n) is 3.65. The summed E-state index contributed by atoms with van der Waals surface area (Å²) in [4.78, 5) is 16.6. The van der Waals surface area contributed by atoms with Gasteiger partial charge in [0.1, 0.15) is 5.25 Å². The molecule has 2 fully saturated rings. The maximum atomic E-state index is 13.4. The maximum absolute atomic E-state index is 13.4. The van der Waals surface area contributed by atoms with Crippen LogP contribution in [0.3, 0.4) is 0 Å². The van der Waals surface area contributed by atoms with Crippen LogP contribution in [0.1, 0.15) is 36.5 Å². The number of amides is 1. The van der Waals surface area contributed by atoms with Crippen LogP contribution in [0.25, 0.3) is 0 Å². The van der Waals surface area contributed by atoms with Crippen molar-refractivity contribution in [2.24, 2.45) is 5.92 Å². The number of hydrogen-bond donors (Lipinski definition) is 1. The van der Waals surface area contributed by atoms with E-state index in [2.05, 4.69) is 34.5 Å². The van der Waals surface area contributed by atoms with Crippen molar-refractivity contribution in [3.8, 4) is 0 Å². The van der Waals surface area contributed by atoms with Crippen LogP contribution in [0.4, 0.5) is 0 Å². The van der Waals surface area contributed by atoms with Crippen LogP contribution in [-0.4, -0.2) is 36.5 Å². The number of nitrogens with zero attached hydrogens (tertiary/aromatic N) is 1. The third kappa shape index (κ3) is 5.76. The molecule has 3 nitrogen and oxygen atoms in total. The molecule has 1 aliphatic heterocycles. The third-order valence-corrected chi connectivity index (χ3v) is 6.78. The van der Waals surface area contributed by atoms with Crippen LogP contribution in [-0.2, 0) is 4.79 Å². The fourth-order valence-corrected chi connectivity index (χ4v) is 4.78. The third-order valence-electron chi connectivity index (χ3n) is 5.52. The molecule has 0 spiro atoms. The van der Waals surface area contributed by atoms with Gasteiger partial charge in [-0.15, -0.1) is 24.2 Å². The molecule has 1 unspecified atom stereocenters. The molecule has 4 rings (SSSR count). The highest BCUT2D eigenvalue weighted by molar-refractivity contribution is 8.00. The number of carbonyl (C=O) groups excluding carboxylic acids is 1. The zero-order valence-corrected chi connectivity index (χ0v) is 17.8. The predicted octanol–water partition coefficient (Wildman–Crippen LogP) is 4.93. The molecule has 150 valence electrons. The number of benzene rings is 2. The predicted molar refractivity (Wildman–Crippen MR) is 119 cm³/mol. The highest BCUT2D eigenvalue weighted by Crippen LogP contribution is 2.37. The van der Waals surface area contributed by atoms with Gasteiger partial charge in [0.15, 0.2) is 0 Å². The molecule has 5 heteroatoms. The van der Waals surface area contributed by atoms with Crippen molar-refractivity contribution >= 4 is 30.1 Å². The topological polar surface area (TPSA) is 32.3 Å². The van der Waals surface area contributed by atoms with Crippen LogP contribution in [0.2, 0.25) is 0 Å². The second-order valence-corrected chi connectivity index (χ2v) is 8.85. The summed E-state index contributed by atoms with van der Waals surface area (Å²) in [5.41, 5.74) is 1.09. The molecule has 2 aliphatic rings. The number of thioether (sulfide) groups is 1. The van der Waals surface area contributed by atoms with Crippen molar-refractivity contribution < 1.29 is 4.79 Å². The first-order chi connectivity index (χ1) is 13.3. The number of nitrogens with one attached hydrogen (secondary N) is 1. The molecule has 1 N–H and O–H groups in total. The van der Waals surface area contributed by atoms with Gasteiger partial charge in [0.05, 0.1) is 0 Å². The fraction of sp³-hybridized carbons (Fsp3) is 0.435. The molecule has 28 heavy (non-hydrogen) atoms. The Kier molecular flexibility index (Phi) is 7.83. The molecule has 2 aromatic carbocycles. The van der Waals surface area contributed by atoms with Gasteiger partial charge in [0.25, 0.3) is 0 Å². The van der Waals surface area contributed by atoms with Crippen molar-refractivity contribution in [2.75, 3.05) is 19.6 Å². The van der Waals surface area contributed by atoms with Gasteiger partial charge in [0.2, 0.25) is 5.91 Å². The first-order valence-corrected chi connectivity index (χ1v) is 11.0. The van der Waals surface area contributed by atoms with Gasteiger partial charge in [-0.1, -0.05) is 48.5 Å². The van der Waals surface area contributed by atoms with E-state index in [1.807, 2.05) is 36.4 Å². The summed E-state index contributed by atoms with van der Waals surface area (Å²) in [5, 5.41) is 3.52. The molecule has 1 saturated heterocycles. The SMILES string of the molecule is Cl.O=C(C(Sc1ccccc1)c1ccccc1)N1CCC(NCC2CC2)CC1. The summed E-state index contributed by atoms with van der Waals surface area (Å²) in [5.74, 6) is 1.16. The maximum Gasteiger partial charge on any atom is 0.240 e. The quantitative estimate of drug-likeness (QED) is 0.649. The minimum atomic E-state index is -0.176. The van der Waals surface area contributed by atoms with E-state index in [9.17, 15) is 4.79 Å². The molecule has 2 aromatic rings. The Morgan fingerprint density at radius 3 is 2.18 bits per heavy atom. The van der Waals surface area contributed by atoms with Crippen molar-refractivity contribution in [1.29, 1.82) is 0 Å². The summed E-state index contributed by atoms with van der Waals surface area (Å²) in [7, 11) is 0. The Morgan fingerprint density at radius 1 is 0.964 bits per heavy atom. The highest BCUT2D eigenvalue weighted by Gasteiger charge is 2.30. The smallest absolute Gasteiger partial charge is 0.240 e.